The summed E-state index contributed by atoms with van der Waals surface area (Å²) in [6.45, 7) is 30.4. The molecular weight excluding hydrogens is 463 g/mol. The SMILES string of the molecule is C=C(NN(C(=C)c1cc(C)cc(C)c1)C(C)(C)C)c1ccc2c(c1)B(C(C)C)N(C(=C)/C=C\C=C/C)N=C2. The van der Waals surface area contributed by atoms with Gasteiger partial charge < -0.3 is 4.92 Å². The Bertz CT molecular complexity index is 1290. The Morgan fingerprint density at radius 3 is 2.24 bits per heavy atom. The van der Waals surface area contributed by atoms with Gasteiger partial charge >= 0.3 is 6.85 Å². The first-order chi connectivity index (χ1) is 17.8. The Hall–Kier alpha value is -3.73. The summed E-state index contributed by atoms with van der Waals surface area (Å²) in [5, 5.41) is 6.87. The highest BCUT2D eigenvalue weighted by atomic mass is 15.5. The van der Waals surface area contributed by atoms with Crippen molar-refractivity contribution in [2.75, 3.05) is 0 Å². The Morgan fingerprint density at radius 2 is 1.66 bits per heavy atom. The lowest BCUT2D eigenvalue weighted by molar-refractivity contribution is 0.184. The van der Waals surface area contributed by atoms with Gasteiger partial charge in [0.2, 0.25) is 0 Å². The lowest BCUT2D eigenvalue weighted by Crippen LogP contribution is -2.51. The van der Waals surface area contributed by atoms with Gasteiger partial charge in [-0.1, -0.05) is 87.2 Å². The van der Waals surface area contributed by atoms with E-state index in [4.69, 9.17) is 5.10 Å². The Kier molecular flexibility index (Phi) is 8.93. The van der Waals surface area contributed by atoms with E-state index in [0.29, 0.717) is 5.82 Å². The Balaban J connectivity index is 1.94. The molecule has 0 radical (unpaired) electrons. The van der Waals surface area contributed by atoms with Crippen LogP contribution in [0, 0.1) is 13.8 Å². The van der Waals surface area contributed by atoms with Crippen LogP contribution in [0.4, 0.5) is 0 Å². The molecule has 3 rings (SSSR count). The van der Waals surface area contributed by atoms with Gasteiger partial charge in [0.05, 0.1) is 23.1 Å². The summed E-state index contributed by atoms with van der Waals surface area (Å²) in [5.74, 6) is 0.324. The maximum atomic E-state index is 4.75. The third-order valence-corrected chi connectivity index (χ3v) is 6.60. The summed E-state index contributed by atoms with van der Waals surface area (Å²) in [5.41, 5.74) is 12.8. The molecule has 0 aliphatic carbocycles. The molecule has 0 atom stereocenters. The number of allylic oxidation sites excluding steroid dienone is 4. The van der Waals surface area contributed by atoms with E-state index >= 15 is 0 Å². The number of nitrogens with zero attached hydrogens (tertiary/aromatic N) is 3. The molecule has 0 fully saturated rings. The fourth-order valence-corrected chi connectivity index (χ4v) is 4.82. The highest BCUT2D eigenvalue weighted by Crippen LogP contribution is 2.28. The van der Waals surface area contributed by atoms with E-state index in [1.165, 1.54) is 16.6 Å². The summed E-state index contributed by atoms with van der Waals surface area (Å²) in [6, 6.07) is 13.0. The first-order valence-electron chi connectivity index (χ1n) is 13.3. The van der Waals surface area contributed by atoms with E-state index in [1.54, 1.807) is 0 Å². The molecule has 5 heteroatoms. The summed E-state index contributed by atoms with van der Waals surface area (Å²) in [6.07, 6.45) is 9.92. The van der Waals surface area contributed by atoms with Gasteiger partial charge in [-0.05, 0) is 87.7 Å². The van der Waals surface area contributed by atoms with Crippen LogP contribution >= 0.6 is 0 Å². The smallest absolute Gasteiger partial charge is 0.306 e. The highest BCUT2D eigenvalue weighted by molar-refractivity contribution is 6.73. The molecule has 1 N–H and O–H groups in total. The quantitative estimate of drug-likeness (QED) is 0.218. The first kappa shape index (κ1) is 28.8. The van der Waals surface area contributed by atoms with Crippen molar-refractivity contribution in [3.8, 4) is 0 Å². The number of rotatable bonds is 9. The number of benzene rings is 2. The molecule has 0 amide bonds. The monoisotopic (exact) mass is 506 g/mol. The topological polar surface area (TPSA) is 30.9 Å². The van der Waals surface area contributed by atoms with Gasteiger partial charge in [0.25, 0.3) is 0 Å². The van der Waals surface area contributed by atoms with Crippen molar-refractivity contribution >= 4 is 29.9 Å². The molecule has 1 heterocycles. The van der Waals surface area contributed by atoms with Crippen LogP contribution in [-0.2, 0) is 0 Å². The average molecular weight is 507 g/mol. The molecule has 38 heavy (non-hydrogen) atoms. The molecule has 1 aliphatic rings. The highest BCUT2D eigenvalue weighted by Gasteiger charge is 2.34. The van der Waals surface area contributed by atoms with Crippen LogP contribution in [0.3, 0.4) is 0 Å². The molecule has 198 valence electrons. The summed E-state index contributed by atoms with van der Waals surface area (Å²) in [4.78, 5) is 2.02. The number of hydrogen-bond acceptors (Lipinski definition) is 4. The van der Waals surface area contributed by atoms with Crippen molar-refractivity contribution in [2.45, 2.75) is 66.7 Å². The summed E-state index contributed by atoms with van der Waals surface area (Å²) < 4.78 is 0. The van der Waals surface area contributed by atoms with Crippen molar-refractivity contribution in [1.82, 2.24) is 15.4 Å². The number of nitrogens with one attached hydrogen (secondary N) is 1. The van der Waals surface area contributed by atoms with Crippen LogP contribution in [0.15, 0.2) is 91.2 Å². The molecule has 0 unspecified atom stereocenters. The molecule has 1 aliphatic heterocycles. The zero-order chi connectivity index (χ0) is 28.2. The van der Waals surface area contributed by atoms with E-state index in [2.05, 4.69) is 115 Å². The van der Waals surface area contributed by atoms with Crippen LogP contribution in [0.5, 0.6) is 0 Å². The van der Waals surface area contributed by atoms with Gasteiger partial charge in [-0.15, -0.1) is 0 Å². The molecule has 0 aromatic heterocycles. The third-order valence-electron chi connectivity index (χ3n) is 6.60. The van der Waals surface area contributed by atoms with Crippen molar-refractivity contribution < 1.29 is 0 Å². The van der Waals surface area contributed by atoms with Crippen molar-refractivity contribution in [3.63, 3.8) is 0 Å². The minimum Gasteiger partial charge on any atom is -0.306 e. The molecule has 2 aromatic rings. The number of hydrazone groups is 1. The number of hydrogen-bond donors (Lipinski definition) is 1. The predicted molar refractivity (Wildman–Crippen MR) is 168 cm³/mol. The second-order valence-electron chi connectivity index (χ2n) is 11.4. The van der Waals surface area contributed by atoms with E-state index < -0.39 is 0 Å². The number of fused-ring (bicyclic) bond motifs is 1. The van der Waals surface area contributed by atoms with Crippen molar-refractivity contribution in [1.29, 1.82) is 0 Å². The average Bonchev–Trinajstić information content (AvgIpc) is 2.84. The molecule has 2 aromatic carbocycles. The van der Waals surface area contributed by atoms with Gasteiger partial charge in [0, 0.05) is 5.70 Å². The fourth-order valence-electron chi connectivity index (χ4n) is 4.82. The molecule has 4 nitrogen and oxygen atoms in total. The lowest BCUT2D eigenvalue weighted by atomic mass is 9.45. The van der Waals surface area contributed by atoms with Crippen LogP contribution in [0.1, 0.15) is 69.4 Å². The predicted octanol–water partition coefficient (Wildman–Crippen LogP) is 7.45. The van der Waals surface area contributed by atoms with Gasteiger partial charge in [0.1, 0.15) is 0 Å². The van der Waals surface area contributed by atoms with Crippen LogP contribution in [0.25, 0.3) is 11.4 Å². The minimum absolute atomic E-state index is 0.0643. The molecular formula is C33H43BN4. The maximum Gasteiger partial charge on any atom is 0.320 e. The fraction of sp³-hybridized carbons (Fsp3) is 0.303. The summed E-state index contributed by atoms with van der Waals surface area (Å²) in [7, 11) is 0. The van der Waals surface area contributed by atoms with Crippen molar-refractivity contribution in [2.24, 2.45) is 5.10 Å². The van der Waals surface area contributed by atoms with Crippen LogP contribution < -0.4 is 10.9 Å². The minimum atomic E-state index is -0.229. The van der Waals surface area contributed by atoms with Crippen LogP contribution in [-0.4, -0.2) is 28.5 Å². The third kappa shape index (κ3) is 6.58. The molecule has 0 spiro atoms. The van der Waals surface area contributed by atoms with Crippen LogP contribution in [0.2, 0.25) is 5.82 Å². The molecule has 0 bridgehead atoms. The van der Waals surface area contributed by atoms with E-state index in [1.807, 2.05) is 42.4 Å². The number of aryl methyl sites for hydroxylation is 2. The second kappa shape index (κ2) is 11.8. The first-order valence-corrected chi connectivity index (χ1v) is 13.3. The summed E-state index contributed by atoms with van der Waals surface area (Å²) >= 11 is 0. The maximum absolute atomic E-state index is 4.75. The van der Waals surface area contributed by atoms with E-state index in [-0.39, 0.29) is 12.4 Å². The van der Waals surface area contributed by atoms with Gasteiger partial charge in [-0.3, -0.25) is 10.4 Å². The van der Waals surface area contributed by atoms with Crippen molar-refractivity contribution in [3.05, 3.63) is 114 Å². The zero-order valence-electron chi connectivity index (χ0n) is 24.5. The van der Waals surface area contributed by atoms with E-state index in [9.17, 15) is 0 Å². The Labute approximate surface area is 230 Å². The van der Waals surface area contributed by atoms with Gasteiger partial charge in [-0.2, -0.15) is 5.10 Å². The van der Waals surface area contributed by atoms with Gasteiger partial charge in [-0.25, -0.2) is 0 Å². The number of hydrazine groups is 1. The van der Waals surface area contributed by atoms with Gasteiger partial charge in [0.15, 0.2) is 0 Å². The molecule has 0 saturated carbocycles. The molecule has 0 saturated heterocycles. The normalized spacial score (nSPS) is 13.4. The largest absolute Gasteiger partial charge is 0.320 e. The zero-order valence-corrected chi connectivity index (χ0v) is 24.5. The second-order valence-corrected chi connectivity index (χ2v) is 11.4. The Morgan fingerprint density at radius 1 is 1.00 bits per heavy atom. The lowest BCUT2D eigenvalue weighted by Gasteiger charge is -2.40. The van der Waals surface area contributed by atoms with E-state index in [0.717, 1.165) is 33.8 Å². The standard InChI is InChI=1S/C33H43BN4/c1-12-13-14-15-26(6)38-34(23(2)3)32-21-29(16-17-30(32)22-35-38)27(7)36-37(33(9,10)11)28(8)31-19-24(4)18-25(5)20-31/h12-23,36H,6-8H2,1-5,9-11H3/b13-12-,15-14-.